The first-order valence-electron chi connectivity index (χ1n) is 4.89. The fourth-order valence-electron chi connectivity index (χ4n) is 1.21. The third-order valence-electron chi connectivity index (χ3n) is 2.08. The molecule has 0 aliphatic rings. The van der Waals surface area contributed by atoms with Gasteiger partial charge in [0.05, 0.1) is 0 Å². The lowest BCUT2D eigenvalue weighted by Crippen LogP contribution is -2.34. The lowest BCUT2D eigenvalue weighted by atomic mass is 10.3. The summed E-state index contributed by atoms with van der Waals surface area (Å²) in [5.74, 6) is 0. The molecular formula is C9H23NOSi. The van der Waals surface area contributed by atoms with Crippen LogP contribution in [0.2, 0.25) is 19.1 Å². The predicted molar refractivity (Wildman–Crippen MR) is 56.8 cm³/mol. The molecule has 0 aromatic heterocycles. The summed E-state index contributed by atoms with van der Waals surface area (Å²) in [6.07, 6.45) is 2.64. The van der Waals surface area contributed by atoms with Gasteiger partial charge in [0.2, 0.25) is 0 Å². The molecule has 0 aromatic rings. The van der Waals surface area contributed by atoms with E-state index in [-0.39, 0.29) is 0 Å². The second-order valence-corrected chi connectivity index (χ2v) is 8.24. The number of hydrogen-bond acceptors (Lipinski definition) is 2. The van der Waals surface area contributed by atoms with Crippen molar-refractivity contribution in [2.24, 2.45) is 5.73 Å². The molecule has 0 aromatic carbocycles. The normalized spacial score (nSPS) is 14.8. The summed E-state index contributed by atoms with van der Waals surface area (Å²) in [7, 11) is -1.39. The van der Waals surface area contributed by atoms with E-state index in [1.54, 1.807) is 0 Å². The molecule has 1 unspecified atom stereocenters. The maximum atomic E-state index is 5.97. The molecule has 74 valence electrons. The lowest BCUT2D eigenvalue weighted by molar-refractivity contribution is 0.206. The van der Waals surface area contributed by atoms with Gasteiger partial charge in [0.15, 0.2) is 8.32 Å². The van der Waals surface area contributed by atoms with E-state index in [0.29, 0.717) is 6.10 Å². The van der Waals surface area contributed by atoms with Gasteiger partial charge in [-0.2, -0.15) is 0 Å². The van der Waals surface area contributed by atoms with E-state index in [2.05, 4.69) is 26.9 Å². The molecule has 0 spiro atoms. The van der Waals surface area contributed by atoms with Crippen LogP contribution in [0.5, 0.6) is 0 Å². The smallest absolute Gasteiger partial charge is 0.187 e. The van der Waals surface area contributed by atoms with Crippen molar-refractivity contribution in [1.29, 1.82) is 0 Å². The van der Waals surface area contributed by atoms with E-state index in [1.165, 1.54) is 6.04 Å². The molecule has 12 heavy (non-hydrogen) atoms. The summed E-state index contributed by atoms with van der Waals surface area (Å²) < 4.78 is 5.97. The van der Waals surface area contributed by atoms with Gasteiger partial charge < -0.3 is 10.2 Å². The zero-order valence-electron chi connectivity index (χ0n) is 8.89. The van der Waals surface area contributed by atoms with Crippen LogP contribution in [0, 0.1) is 0 Å². The predicted octanol–water partition coefficient (Wildman–Crippen LogP) is 2.36. The summed E-state index contributed by atoms with van der Waals surface area (Å²) in [4.78, 5) is 0. The number of hydrogen-bond donors (Lipinski definition) is 1. The van der Waals surface area contributed by atoms with Crippen LogP contribution in [0.15, 0.2) is 0 Å². The fourth-order valence-corrected chi connectivity index (χ4v) is 3.64. The molecule has 0 fully saturated rings. The van der Waals surface area contributed by atoms with Crippen LogP contribution in [0.4, 0.5) is 0 Å². The Kier molecular flexibility index (Phi) is 5.79. The fraction of sp³-hybridized carbons (Fsp3) is 1.00. The molecule has 0 heterocycles. The third-order valence-corrected chi connectivity index (χ3v) is 4.68. The van der Waals surface area contributed by atoms with Gasteiger partial charge in [-0.05, 0) is 45.4 Å². The molecule has 2 N–H and O–H groups in total. The monoisotopic (exact) mass is 189 g/mol. The molecule has 0 rings (SSSR count). The molecule has 3 heteroatoms. The van der Waals surface area contributed by atoms with Crippen molar-refractivity contribution in [2.75, 3.05) is 6.54 Å². The minimum atomic E-state index is -1.39. The highest BCUT2D eigenvalue weighted by molar-refractivity contribution is 6.71. The topological polar surface area (TPSA) is 35.2 Å². The first-order valence-corrected chi connectivity index (χ1v) is 8.01. The molecule has 0 aliphatic carbocycles. The molecule has 0 aliphatic heterocycles. The van der Waals surface area contributed by atoms with Gasteiger partial charge >= 0.3 is 0 Å². The van der Waals surface area contributed by atoms with Crippen molar-refractivity contribution in [3.05, 3.63) is 0 Å². The van der Waals surface area contributed by atoms with Gasteiger partial charge in [-0.15, -0.1) is 0 Å². The van der Waals surface area contributed by atoms with Crippen molar-refractivity contribution in [2.45, 2.75) is 51.9 Å². The van der Waals surface area contributed by atoms with Crippen LogP contribution in [0.25, 0.3) is 0 Å². The van der Waals surface area contributed by atoms with Crippen molar-refractivity contribution < 1.29 is 4.43 Å². The van der Waals surface area contributed by atoms with Gasteiger partial charge in [-0.3, -0.25) is 0 Å². The largest absolute Gasteiger partial charge is 0.415 e. The average Bonchev–Trinajstić information content (AvgIpc) is 2.00. The van der Waals surface area contributed by atoms with Crippen LogP contribution in [-0.2, 0) is 4.43 Å². The highest BCUT2D eigenvalue weighted by Crippen LogP contribution is 2.16. The molecule has 0 bridgehead atoms. The van der Waals surface area contributed by atoms with Gasteiger partial charge in [-0.1, -0.05) is 6.92 Å². The van der Waals surface area contributed by atoms with Gasteiger partial charge in [-0.25, -0.2) is 0 Å². The Hall–Kier alpha value is 0.137. The molecule has 0 saturated heterocycles. The van der Waals surface area contributed by atoms with E-state index in [0.717, 1.165) is 19.4 Å². The molecule has 0 radical (unpaired) electrons. The van der Waals surface area contributed by atoms with Crippen LogP contribution in [0.1, 0.15) is 26.7 Å². The summed E-state index contributed by atoms with van der Waals surface area (Å²) in [5, 5.41) is 0. The van der Waals surface area contributed by atoms with Crippen molar-refractivity contribution in [3.8, 4) is 0 Å². The summed E-state index contributed by atoms with van der Waals surface area (Å²) in [6, 6.07) is 1.19. The molecule has 0 saturated carbocycles. The second kappa shape index (κ2) is 5.73. The minimum absolute atomic E-state index is 0.421. The zero-order chi connectivity index (χ0) is 9.61. The lowest BCUT2D eigenvalue weighted by Gasteiger charge is -2.26. The van der Waals surface area contributed by atoms with Gasteiger partial charge in [0.25, 0.3) is 0 Å². The maximum absolute atomic E-state index is 5.97. The van der Waals surface area contributed by atoms with E-state index in [1.807, 2.05) is 0 Å². The Balaban J connectivity index is 3.69. The van der Waals surface area contributed by atoms with Gasteiger partial charge in [0, 0.05) is 6.10 Å². The quantitative estimate of drug-likeness (QED) is 0.651. The SMILES string of the molecule is CCC(C)O[Si](C)(C)CCCN. The third kappa shape index (κ3) is 5.74. The van der Waals surface area contributed by atoms with Crippen LogP contribution in [0.3, 0.4) is 0 Å². The Morgan fingerprint density at radius 1 is 1.42 bits per heavy atom. The zero-order valence-corrected chi connectivity index (χ0v) is 9.89. The van der Waals surface area contributed by atoms with E-state index in [4.69, 9.17) is 10.2 Å². The molecule has 0 amide bonds. The van der Waals surface area contributed by atoms with Crippen LogP contribution in [-0.4, -0.2) is 21.0 Å². The van der Waals surface area contributed by atoms with Crippen molar-refractivity contribution in [1.82, 2.24) is 0 Å². The molecule has 2 nitrogen and oxygen atoms in total. The Morgan fingerprint density at radius 3 is 2.42 bits per heavy atom. The number of rotatable bonds is 6. The highest BCUT2D eigenvalue weighted by Gasteiger charge is 2.23. The first kappa shape index (κ1) is 12.1. The van der Waals surface area contributed by atoms with Crippen molar-refractivity contribution in [3.63, 3.8) is 0 Å². The van der Waals surface area contributed by atoms with Crippen LogP contribution < -0.4 is 5.73 Å². The average molecular weight is 189 g/mol. The molecule has 1 atom stereocenters. The highest BCUT2D eigenvalue weighted by atomic mass is 28.4. The van der Waals surface area contributed by atoms with Gasteiger partial charge in [0.1, 0.15) is 0 Å². The molecular weight excluding hydrogens is 166 g/mol. The van der Waals surface area contributed by atoms with E-state index < -0.39 is 8.32 Å². The summed E-state index contributed by atoms with van der Waals surface area (Å²) in [5.41, 5.74) is 5.47. The van der Waals surface area contributed by atoms with E-state index >= 15 is 0 Å². The van der Waals surface area contributed by atoms with Crippen LogP contribution >= 0.6 is 0 Å². The van der Waals surface area contributed by atoms with E-state index in [9.17, 15) is 0 Å². The second-order valence-electron chi connectivity index (χ2n) is 3.99. The Labute approximate surface area is 77.6 Å². The first-order chi connectivity index (χ1) is 5.52. The Bertz CT molecular complexity index is 117. The standard InChI is InChI=1S/C9H23NOSi/c1-5-9(2)11-12(3,4)8-6-7-10/h9H,5-8,10H2,1-4H3. The maximum Gasteiger partial charge on any atom is 0.187 e. The van der Waals surface area contributed by atoms with Crippen molar-refractivity contribution >= 4 is 8.32 Å². The summed E-state index contributed by atoms with van der Waals surface area (Å²) >= 11 is 0. The summed E-state index contributed by atoms with van der Waals surface area (Å²) in [6.45, 7) is 9.65. The Morgan fingerprint density at radius 2 is 2.00 bits per heavy atom. The number of nitrogens with two attached hydrogens (primary N) is 1. The minimum Gasteiger partial charge on any atom is -0.415 e.